The van der Waals surface area contributed by atoms with Gasteiger partial charge in [-0.15, -0.1) is 0 Å². The summed E-state index contributed by atoms with van der Waals surface area (Å²) in [5.41, 5.74) is 3.97. The van der Waals surface area contributed by atoms with E-state index in [9.17, 15) is 14.9 Å². The number of phenolic OH excluding ortho intramolecular Hbond substituents is 1. The normalized spacial score (nSPS) is 9.79. The summed E-state index contributed by atoms with van der Waals surface area (Å²) in [6, 6.07) is 1.74. The van der Waals surface area contributed by atoms with Crippen LogP contribution >= 0.6 is 11.6 Å². The molecule has 0 saturated carbocycles. The summed E-state index contributed by atoms with van der Waals surface area (Å²) in [4.78, 5) is 20.4. The van der Waals surface area contributed by atoms with E-state index in [1.54, 1.807) is 0 Å². The number of nitrogens with zero attached hydrogens (tertiary/aromatic N) is 1. The number of nitro groups is 1. The lowest BCUT2D eigenvalue weighted by Gasteiger charge is -2.01. The number of hydrogen-bond acceptors (Lipinski definition) is 4. The van der Waals surface area contributed by atoms with Gasteiger partial charge in [0.2, 0.25) is 0 Å². The quantitative estimate of drug-likeness (QED) is 0.569. The second-order valence-corrected chi connectivity index (χ2v) is 2.85. The summed E-state index contributed by atoms with van der Waals surface area (Å²) in [5, 5.41) is 19.3. The standard InChI is InChI=1S/C7H5ClN2O4/c8-4-2-5(10(13)14)3(7(9)12)1-6(4)11/h1-2,11H,(H2,9,12). The van der Waals surface area contributed by atoms with Crippen molar-refractivity contribution in [3.05, 3.63) is 32.8 Å². The molecule has 0 aliphatic rings. The van der Waals surface area contributed by atoms with Crippen LogP contribution in [0.1, 0.15) is 10.4 Å². The van der Waals surface area contributed by atoms with Gasteiger partial charge in [0.25, 0.3) is 11.6 Å². The summed E-state index contributed by atoms with van der Waals surface area (Å²) in [6.45, 7) is 0. The van der Waals surface area contributed by atoms with Crippen LogP contribution < -0.4 is 5.73 Å². The first-order valence-corrected chi connectivity index (χ1v) is 3.78. The summed E-state index contributed by atoms with van der Waals surface area (Å²) in [5.74, 6) is -1.42. The minimum atomic E-state index is -0.997. The second-order valence-electron chi connectivity index (χ2n) is 2.44. The maximum atomic E-state index is 10.8. The second kappa shape index (κ2) is 3.51. The minimum absolute atomic E-state index is 0.207. The largest absolute Gasteiger partial charge is 0.506 e. The Hall–Kier alpha value is -1.82. The molecule has 1 aromatic carbocycles. The molecule has 0 aliphatic heterocycles. The van der Waals surface area contributed by atoms with Gasteiger partial charge in [0.15, 0.2) is 0 Å². The molecule has 74 valence electrons. The van der Waals surface area contributed by atoms with E-state index in [2.05, 4.69) is 0 Å². The molecule has 0 fully saturated rings. The van der Waals surface area contributed by atoms with Crippen molar-refractivity contribution in [1.29, 1.82) is 0 Å². The molecule has 1 amide bonds. The van der Waals surface area contributed by atoms with Crippen LogP contribution in [0.3, 0.4) is 0 Å². The number of halogens is 1. The number of carbonyl (C=O) groups excluding carboxylic acids is 1. The molecular weight excluding hydrogens is 212 g/mol. The Balaban J connectivity index is 3.46. The molecule has 0 saturated heterocycles. The number of amides is 1. The van der Waals surface area contributed by atoms with Crippen molar-refractivity contribution in [2.45, 2.75) is 0 Å². The van der Waals surface area contributed by atoms with Crippen molar-refractivity contribution in [2.75, 3.05) is 0 Å². The number of carbonyl (C=O) groups is 1. The number of nitrogens with two attached hydrogens (primary N) is 1. The van der Waals surface area contributed by atoms with Gasteiger partial charge in [0.05, 0.1) is 9.95 Å². The van der Waals surface area contributed by atoms with Gasteiger partial charge in [0.1, 0.15) is 11.3 Å². The first-order chi connectivity index (χ1) is 6.43. The van der Waals surface area contributed by atoms with Gasteiger partial charge in [-0.2, -0.15) is 0 Å². The van der Waals surface area contributed by atoms with E-state index in [4.69, 9.17) is 22.4 Å². The average Bonchev–Trinajstić information content (AvgIpc) is 2.08. The van der Waals surface area contributed by atoms with E-state index >= 15 is 0 Å². The number of hydrogen-bond donors (Lipinski definition) is 2. The summed E-state index contributed by atoms with van der Waals surface area (Å²) in [6.07, 6.45) is 0. The molecule has 0 unspecified atom stereocenters. The molecule has 0 aromatic heterocycles. The van der Waals surface area contributed by atoms with Gasteiger partial charge >= 0.3 is 0 Å². The Morgan fingerprint density at radius 3 is 2.57 bits per heavy atom. The van der Waals surface area contributed by atoms with Crippen molar-refractivity contribution >= 4 is 23.2 Å². The first kappa shape index (κ1) is 10.3. The van der Waals surface area contributed by atoms with Gasteiger partial charge in [-0.05, 0) is 0 Å². The zero-order valence-electron chi connectivity index (χ0n) is 6.73. The average molecular weight is 217 g/mol. The molecular formula is C7H5ClN2O4. The maximum Gasteiger partial charge on any atom is 0.283 e. The predicted octanol–water partition coefficient (Wildman–Crippen LogP) is 1.05. The van der Waals surface area contributed by atoms with Crippen LogP contribution in [0.25, 0.3) is 0 Å². The fourth-order valence-corrected chi connectivity index (χ4v) is 1.06. The van der Waals surface area contributed by atoms with E-state index in [1.165, 1.54) is 0 Å². The Labute approximate surface area is 83.0 Å². The van der Waals surface area contributed by atoms with Gasteiger partial charge in [-0.1, -0.05) is 11.6 Å². The molecule has 6 nitrogen and oxygen atoms in total. The first-order valence-electron chi connectivity index (χ1n) is 3.40. The van der Waals surface area contributed by atoms with E-state index in [0.29, 0.717) is 0 Å². The predicted molar refractivity (Wildman–Crippen MR) is 48.3 cm³/mol. The Bertz CT molecular complexity index is 379. The molecule has 1 rings (SSSR count). The Kier molecular flexibility index (Phi) is 2.57. The third kappa shape index (κ3) is 1.74. The van der Waals surface area contributed by atoms with Crippen LogP contribution in [-0.2, 0) is 0 Å². The van der Waals surface area contributed by atoms with Crippen molar-refractivity contribution in [1.82, 2.24) is 0 Å². The van der Waals surface area contributed by atoms with Crippen LogP contribution in [0.2, 0.25) is 5.02 Å². The molecule has 0 bridgehead atoms. The zero-order valence-corrected chi connectivity index (χ0v) is 7.49. The third-order valence-electron chi connectivity index (χ3n) is 1.53. The lowest BCUT2D eigenvalue weighted by Crippen LogP contribution is -2.13. The Morgan fingerprint density at radius 1 is 1.57 bits per heavy atom. The van der Waals surface area contributed by atoms with Gasteiger partial charge in [-0.3, -0.25) is 14.9 Å². The smallest absolute Gasteiger partial charge is 0.283 e. The van der Waals surface area contributed by atoms with Crippen molar-refractivity contribution < 1.29 is 14.8 Å². The molecule has 7 heteroatoms. The monoisotopic (exact) mass is 216 g/mol. The molecule has 1 aromatic rings. The number of primary amides is 1. The molecule has 3 N–H and O–H groups in total. The van der Waals surface area contributed by atoms with Gasteiger partial charge in [-0.25, -0.2) is 0 Å². The highest BCUT2D eigenvalue weighted by Crippen LogP contribution is 2.30. The highest BCUT2D eigenvalue weighted by atomic mass is 35.5. The number of phenols is 1. The van der Waals surface area contributed by atoms with Crippen molar-refractivity contribution in [3.63, 3.8) is 0 Å². The van der Waals surface area contributed by atoms with Gasteiger partial charge in [0, 0.05) is 12.1 Å². The number of benzene rings is 1. The van der Waals surface area contributed by atoms with Crippen LogP contribution in [0, 0.1) is 10.1 Å². The van der Waals surface area contributed by atoms with Crippen LogP contribution in [0.4, 0.5) is 5.69 Å². The van der Waals surface area contributed by atoms with Crippen LogP contribution in [0.15, 0.2) is 12.1 Å². The SMILES string of the molecule is NC(=O)c1cc(O)c(Cl)cc1[N+](=O)[O-]. The Morgan fingerprint density at radius 2 is 2.14 bits per heavy atom. The fourth-order valence-electron chi connectivity index (χ4n) is 0.900. The van der Waals surface area contributed by atoms with Crippen molar-refractivity contribution in [3.8, 4) is 5.75 Å². The number of nitro benzene ring substituents is 1. The minimum Gasteiger partial charge on any atom is -0.506 e. The molecule has 0 atom stereocenters. The van der Waals surface area contributed by atoms with Crippen molar-refractivity contribution in [2.24, 2.45) is 5.73 Å². The molecule has 0 radical (unpaired) electrons. The van der Waals surface area contributed by atoms with E-state index in [0.717, 1.165) is 12.1 Å². The lowest BCUT2D eigenvalue weighted by molar-refractivity contribution is -0.385. The highest BCUT2D eigenvalue weighted by Gasteiger charge is 2.20. The molecule has 0 spiro atoms. The molecule has 0 heterocycles. The van der Waals surface area contributed by atoms with E-state index in [-0.39, 0.29) is 10.6 Å². The fraction of sp³-hybridized carbons (Fsp3) is 0. The van der Waals surface area contributed by atoms with Crippen LogP contribution in [-0.4, -0.2) is 15.9 Å². The highest BCUT2D eigenvalue weighted by molar-refractivity contribution is 6.32. The van der Waals surface area contributed by atoms with E-state index in [1.807, 2.05) is 0 Å². The number of rotatable bonds is 2. The lowest BCUT2D eigenvalue weighted by atomic mass is 10.1. The maximum absolute atomic E-state index is 10.8. The zero-order chi connectivity index (χ0) is 10.9. The summed E-state index contributed by atoms with van der Waals surface area (Å²) in [7, 11) is 0. The van der Waals surface area contributed by atoms with Crippen LogP contribution in [0.5, 0.6) is 5.75 Å². The topological polar surface area (TPSA) is 106 Å². The molecule has 14 heavy (non-hydrogen) atoms. The summed E-state index contributed by atoms with van der Waals surface area (Å²) < 4.78 is 0. The summed E-state index contributed by atoms with van der Waals surface area (Å²) >= 11 is 5.43. The van der Waals surface area contributed by atoms with Gasteiger partial charge < -0.3 is 10.8 Å². The van der Waals surface area contributed by atoms with E-state index < -0.39 is 22.3 Å². The molecule has 0 aliphatic carbocycles. The third-order valence-corrected chi connectivity index (χ3v) is 1.83. The number of aromatic hydroxyl groups is 1.